The summed E-state index contributed by atoms with van der Waals surface area (Å²) in [5.41, 5.74) is 4.51. The number of amides is 1. The minimum Gasteiger partial charge on any atom is -0.396 e. The molecule has 0 aliphatic rings. The molecule has 0 atom stereocenters. The Hall–Kier alpha value is -2.04. The van der Waals surface area contributed by atoms with Crippen molar-refractivity contribution in [3.63, 3.8) is 0 Å². The van der Waals surface area contributed by atoms with Crippen LogP contribution in [-0.2, 0) is 10.0 Å². The second-order valence-electron chi connectivity index (χ2n) is 5.07. The molecule has 1 amide bonds. The maximum Gasteiger partial charge on any atom is 0.283 e. The third kappa shape index (κ3) is 3.66. The molecule has 0 radical (unpaired) electrons. The Morgan fingerprint density at radius 2 is 2.00 bits per heavy atom. The minimum absolute atomic E-state index is 0.00177. The van der Waals surface area contributed by atoms with Crippen molar-refractivity contribution in [3.8, 4) is 0 Å². The normalized spacial score (nSPS) is 11.7. The van der Waals surface area contributed by atoms with Crippen LogP contribution in [0.3, 0.4) is 0 Å². The van der Waals surface area contributed by atoms with Gasteiger partial charge >= 0.3 is 0 Å². The van der Waals surface area contributed by atoms with Gasteiger partial charge in [0.2, 0.25) is 10.0 Å². The maximum atomic E-state index is 12.7. The van der Waals surface area contributed by atoms with Crippen molar-refractivity contribution in [2.75, 3.05) is 20.2 Å². The highest BCUT2D eigenvalue weighted by atomic mass is 32.2. The summed E-state index contributed by atoms with van der Waals surface area (Å²) in [7, 11) is -2.91. The van der Waals surface area contributed by atoms with Crippen LogP contribution in [0, 0.1) is 24.0 Å². The summed E-state index contributed by atoms with van der Waals surface area (Å²) in [6.07, 6.45) is 0.189. The molecule has 0 aliphatic carbocycles. The number of benzene rings is 1. The van der Waals surface area contributed by atoms with Gasteiger partial charge in [-0.3, -0.25) is 14.9 Å². The molecular formula is C13H19N3O6S. The Morgan fingerprint density at radius 3 is 2.43 bits per heavy atom. The molecule has 128 valence electrons. The van der Waals surface area contributed by atoms with Crippen LogP contribution in [0.25, 0.3) is 0 Å². The number of primary amides is 1. The Morgan fingerprint density at radius 1 is 1.43 bits per heavy atom. The monoisotopic (exact) mass is 345 g/mol. The number of nitrogens with two attached hydrogens (primary N) is 1. The van der Waals surface area contributed by atoms with E-state index in [2.05, 4.69) is 0 Å². The van der Waals surface area contributed by atoms with E-state index in [0.29, 0.717) is 5.56 Å². The first-order chi connectivity index (χ1) is 10.6. The van der Waals surface area contributed by atoms with Gasteiger partial charge in [-0.25, -0.2) is 12.7 Å². The van der Waals surface area contributed by atoms with Crippen molar-refractivity contribution >= 4 is 21.6 Å². The average molecular weight is 345 g/mol. The zero-order valence-corrected chi connectivity index (χ0v) is 13.9. The van der Waals surface area contributed by atoms with Crippen LogP contribution in [0.1, 0.15) is 27.9 Å². The van der Waals surface area contributed by atoms with Gasteiger partial charge in [0.05, 0.1) is 4.92 Å². The highest BCUT2D eigenvalue weighted by Gasteiger charge is 2.34. The van der Waals surface area contributed by atoms with Gasteiger partial charge in [-0.2, -0.15) is 0 Å². The van der Waals surface area contributed by atoms with Crippen molar-refractivity contribution in [2.24, 2.45) is 5.73 Å². The number of nitro benzene ring substituents is 1. The topological polar surface area (TPSA) is 144 Å². The lowest BCUT2D eigenvalue weighted by atomic mass is 10.0. The molecule has 0 unspecified atom stereocenters. The van der Waals surface area contributed by atoms with Gasteiger partial charge in [-0.05, 0) is 31.4 Å². The highest BCUT2D eigenvalue weighted by Crippen LogP contribution is 2.33. The van der Waals surface area contributed by atoms with Gasteiger partial charge in [0.15, 0.2) is 0 Å². The number of nitro groups is 1. The van der Waals surface area contributed by atoms with Crippen molar-refractivity contribution < 1.29 is 23.2 Å². The quantitative estimate of drug-likeness (QED) is 0.537. The van der Waals surface area contributed by atoms with Crippen LogP contribution in [0.5, 0.6) is 0 Å². The van der Waals surface area contributed by atoms with E-state index < -0.39 is 37.0 Å². The fourth-order valence-corrected chi connectivity index (χ4v) is 3.83. The molecule has 1 rings (SSSR count). The van der Waals surface area contributed by atoms with Gasteiger partial charge in [-0.1, -0.05) is 0 Å². The molecule has 0 aliphatic heterocycles. The standard InChI is InChI=1S/C13H19N3O6S/c1-8-7-10(16(19)20)11(13(14)18)12(9(8)2)23(21,22)15(3)5-4-6-17/h7,17H,4-6H2,1-3H3,(H2,14,18). The lowest BCUT2D eigenvalue weighted by molar-refractivity contribution is -0.385. The summed E-state index contributed by atoms with van der Waals surface area (Å²) in [6, 6.07) is 1.13. The average Bonchev–Trinajstić information content (AvgIpc) is 2.45. The predicted molar refractivity (Wildman–Crippen MR) is 82.6 cm³/mol. The third-order valence-electron chi connectivity index (χ3n) is 3.51. The SMILES string of the molecule is Cc1cc([N+](=O)[O-])c(C(N)=O)c(S(=O)(=O)N(C)CCCO)c1C. The number of aliphatic hydroxyl groups excluding tert-OH is 1. The van der Waals surface area contributed by atoms with Crippen LogP contribution in [0.2, 0.25) is 0 Å². The molecule has 9 nitrogen and oxygen atoms in total. The summed E-state index contributed by atoms with van der Waals surface area (Å²) in [5, 5.41) is 20.0. The molecule has 0 bridgehead atoms. The van der Waals surface area contributed by atoms with Crippen LogP contribution in [0.15, 0.2) is 11.0 Å². The second kappa shape index (κ2) is 7.02. The number of sulfonamides is 1. The molecule has 0 saturated carbocycles. The van der Waals surface area contributed by atoms with E-state index in [4.69, 9.17) is 10.8 Å². The molecule has 0 fully saturated rings. The van der Waals surface area contributed by atoms with Gasteiger partial charge in [0.1, 0.15) is 10.5 Å². The molecule has 0 saturated heterocycles. The number of nitrogens with zero attached hydrogens (tertiary/aromatic N) is 2. The van der Waals surface area contributed by atoms with Gasteiger partial charge in [0.25, 0.3) is 11.6 Å². The molecule has 3 N–H and O–H groups in total. The van der Waals surface area contributed by atoms with Crippen molar-refractivity contribution in [1.29, 1.82) is 0 Å². The lowest BCUT2D eigenvalue weighted by Crippen LogP contribution is -2.32. The Bertz CT molecular complexity index is 745. The molecule has 10 heteroatoms. The first kappa shape index (κ1) is 19.0. The van der Waals surface area contributed by atoms with E-state index in [1.54, 1.807) is 0 Å². The zero-order valence-electron chi connectivity index (χ0n) is 13.1. The number of carbonyl (C=O) groups is 1. The first-order valence-corrected chi connectivity index (χ1v) is 8.15. The van der Waals surface area contributed by atoms with Crippen molar-refractivity contribution in [3.05, 3.63) is 32.9 Å². The number of rotatable bonds is 7. The number of hydrogen-bond acceptors (Lipinski definition) is 6. The Balaban J connectivity index is 3.75. The molecule has 1 aromatic carbocycles. The predicted octanol–water partition coefficient (Wildman–Crippen LogP) is 0.313. The first-order valence-electron chi connectivity index (χ1n) is 6.71. The molecule has 1 aromatic rings. The third-order valence-corrected chi connectivity index (χ3v) is 5.54. The van der Waals surface area contributed by atoms with Crippen molar-refractivity contribution in [1.82, 2.24) is 4.31 Å². The van der Waals surface area contributed by atoms with E-state index >= 15 is 0 Å². The maximum absolute atomic E-state index is 12.7. The molecule has 0 aromatic heterocycles. The smallest absolute Gasteiger partial charge is 0.283 e. The second-order valence-corrected chi connectivity index (χ2v) is 7.05. The Kier molecular flexibility index (Phi) is 5.81. The number of carbonyl (C=O) groups excluding carboxylic acids is 1. The van der Waals surface area contributed by atoms with Gasteiger partial charge in [-0.15, -0.1) is 0 Å². The summed E-state index contributed by atoms with van der Waals surface area (Å²) >= 11 is 0. The number of aliphatic hydroxyl groups is 1. The van der Waals surface area contributed by atoms with E-state index in [9.17, 15) is 23.3 Å². The summed E-state index contributed by atoms with van der Waals surface area (Å²) in [6.45, 7) is 2.76. The molecule has 0 heterocycles. The van der Waals surface area contributed by atoms with E-state index in [1.165, 1.54) is 20.9 Å². The van der Waals surface area contributed by atoms with Crippen molar-refractivity contribution in [2.45, 2.75) is 25.2 Å². The van der Waals surface area contributed by atoms with Crippen LogP contribution < -0.4 is 5.73 Å². The van der Waals surface area contributed by atoms with Crippen LogP contribution >= 0.6 is 0 Å². The van der Waals surface area contributed by atoms with E-state index in [1.807, 2.05) is 0 Å². The fourth-order valence-electron chi connectivity index (χ4n) is 2.14. The summed E-state index contributed by atoms with van der Waals surface area (Å²) < 4.78 is 26.4. The van der Waals surface area contributed by atoms with E-state index in [-0.39, 0.29) is 25.1 Å². The fraction of sp³-hybridized carbons (Fsp3) is 0.462. The van der Waals surface area contributed by atoms with Crippen LogP contribution in [-0.4, -0.2) is 48.9 Å². The number of hydrogen-bond donors (Lipinski definition) is 2. The molecular weight excluding hydrogens is 326 g/mol. The van der Waals surface area contributed by atoms with Gasteiger partial charge in [0, 0.05) is 26.3 Å². The summed E-state index contributed by atoms with van der Waals surface area (Å²) in [5.74, 6) is -1.19. The molecule has 23 heavy (non-hydrogen) atoms. The molecule has 0 spiro atoms. The summed E-state index contributed by atoms with van der Waals surface area (Å²) in [4.78, 5) is 21.6. The lowest BCUT2D eigenvalue weighted by Gasteiger charge is -2.20. The minimum atomic E-state index is -4.18. The van der Waals surface area contributed by atoms with E-state index in [0.717, 1.165) is 10.4 Å². The Labute approximate surface area is 133 Å². The number of aryl methyl sites for hydroxylation is 1. The highest BCUT2D eigenvalue weighted by molar-refractivity contribution is 7.89. The van der Waals surface area contributed by atoms with Crippen LogP contribution in [0.4, 0.5) is 5.69 Å². The zero-order chi connectivity index (χ0) is 17.9. The largest absolute Gasteiger partial charge is 0.396 e. The van der Waals surface area contributed by atoms with Gasteiger partial charge < -0.3 is 10.8 Å².